The Morgan fingerprint density at radius 1 is 1.12 bits per heavy atom. The van der Waals surface area contributed by atoms with Crippen molar-refractivity contribution in [1.29, 1.82) is 0 Å². The van der Waals surface area contributed by atoms with Crippen LogP contribution in [0.5, 0.6) is 11.5 Å². The molecule has 0 spiro atoms. The Hall–Kier alpha value is -3.68. The van der Waals surface area contributed by atoms with E-state index in [1.807, 2.05) is 4.90 Å². The molecule has 1 saturated carbocycles. The first-order valence-corrected chi connectivity index (χ1v) is 15.0. The molecule has 1 aromatic heterocycles. The average molecular weight is 604 g/mol. The molecule has 41 heavy (non-hydrogen) atoms. The SMILES string of the molecule is COc1cccc(CS(=O)(=O)N2CCN(c3cnn(-c4cccc(Cl)c4)c(=O)c3OCC3(C)CC3)CC2)c1[N+](=O)[O-]. The van der Waals surface area contributed by atoms with Crippen LogP contribution >= 0.6 is 11.6 Å². The molecule has 3 aromatic rings. The molecule has 1 aliphatic carbocycles. The van der Waals surface area contributed by atoms with E-state index >= 15 is 0 Å². The van der Waals surface area contributed by atoms with E-state index in [4.69, 9.17) is 21.1 Å². The van der Waals surface area contributed by atoms with Crippen LogP contribution in [-0.2, 0) is 15.8 Å². The lowest BCUT2D eigenvalue weighted by Gasteiger charge is -2.35. The molecule has 14 heteroatoms. The normalized spacial score (nSPS) is 16.8. The number of hydrogen-bond acceptors (Lipinski definition) is 9. The van der Waals surface area contributed by atoms with Crippen LogP contribution in [0.4, 0.5) is 11.4 Å². The number of rotatable bonds is 10. The second kappa shape index (κ2) is 11.3. The first-order valence-electron chi connectivity index (χ1n) is 13.1. The van der Waals surface area contributed by atoms with E-state index < -0.39 is 26.3 Å². The summed E-state index contributed by atoms with van der Waals surface area (Å²) in [6.45, 7) is 3.26. The molecule has 0 atom stereocenters. The van der Waals surface area contributed by atoms with Gasteiger partial charge in [-0.15, -0.1) is 0 Å². The van der Waals surface area contributed by atoms with Crippen molar-refractivity contribution in [2.45, 2.75) is 25.5 Å². The largest absolute Gasteiger partial charge is 0.490 e. The molecule has 2 heterocycles. The van der Waals surface area contributed by atoms with Gasteiger partial charge in [0.25, 0.3) is 0 Å². The number of nitrogens with zero attached hydrogens (tertiary/aromatic N) is 5. The van der Waals surface area contributed by atoms with Gasteiger partial charge in [-0.3, -0.25) is 14.9 Å². The summed E-state index contributed by atoms with van der Waals surface area (Å²) in [4.78, 5) is 26.5. The maximum absolute atomic E-state index is 13.6. The predicted octanol–water partition coefficient (Wildman–Crippen LogP) is 3.63. The van der Waals surface area contributed by atoms with Gasteiger partial charge in [0.2, 0.25) is 15.8 Å². The number of nitro benzene ring substituents is 1. The minimum Gasteiger partial charge on any atom is -0.490 e. The number of benzene rings is 2. The molecule has 2 aliphatic rings. The minimum absolute atomic E-state index is 0.000105. The minimum atomic E-state index is -3.89. The number of ether oxygens (including phenoxy) is 2. The van der Waals surface area contributed by atoms with Gasteiger partial charge in [-0.05, 0) is 37.1 Å². The van der Waals surface area contributed by atoms with E-state index in [1.54, 1.807) is 30.5 Å². The number of nitro groups is 1. The molecule has 12 nitrogen and oxygen atoms in total. The zero-order valence-corrected chi connectivity index (χ0v) is 24.2. The molecule has 0 radical (unpaired) electrons. The van der Waals surface area contributed by atoms with Crippen LogP contribution in [0.2, 0.25) is 5.02 Å². The molecule has 2 fully saturated rings. The van der Waals surface area contributed by atoms with Gasteiger partial charge in [-0.2, -0.15) is 14.1 Å². The van der Waals surface area contributed by atoms with Crippen molar-refractivity contribution in [3.63, 3.8) is 0 Å². The third-order valence-corrected chi connectivity index (χ3v) is 9.49. The van der Waals surface area contributed by atoms with Gasteiger partial charge in [0.05, 0.1) is 41.8 Å². The maximum Gasteiger partial charge on any atom is 0.316 e. The molecular weight excluding hydrogens is 574 g/mol. The molecule has 1 aliphatic heterocycles. The van der Waals surface area contributed by atoms with E-state index in [0.29, 0.717) is 23.0 Å². The zero-order valence-electron chi connectivity index (χ0n) is 22.7. The molecule has 2 aromatic carbocycles. The van der Waals surface area contributed by atoms with Gasteiger partial charge in [0.15, 0.2) is 5.75 Å². The Morgan fingerprint density at radius 3 is 2.46 bits per heavy atom. The van der Waals surface area contributed by atoms with Gasteiger partial charge in [0.1, 0.15) is 5.69 Å². The number of aromatic nitrogens is 2. The highest BCUT2D eigenvalue weighted by molar-refractivity contribution is 7.88. The average Bonchev–Trinajstić information content (AvgIpc) is 3.68. The fourth-order valence-corrected chi connectivity index (χ4v) is 6.45. The van der Waals surface area contributed by atoms with E-state index in [1.165, 1.54) is 34.3 Å². The number of halogens is 1. The van der Waals surface area contributed by atoms with Crippen LogP contribution < -0.4 is 19.9 Å². The fourth-order valence-electron chi connectivity index (χ4n) is 4.74. The number of para-hydroxylation sites is 1. The van der Waals surface area contributed by atoms with Crippen LogP contribution in [0.25, 0.3) is 5.69 Å². The molecule has 0 bridgehead atoms. The Labute approximate surface area is 242 Å². The third kappa shape index (κ3) is 6.16. The van der Waals surface area contributed by atoms with E-state index in [2.05, 4.69) is 12.0 Å². The number of methoxy groups -OCH3 is 1. The molecule has 5 rings (SSSR count). The summed E-state index contributed by atoms with van der Waals surface area (Å²) in [5.74, 6) is -0.387. The number of piperazine rings is 1. The van der Waals surface area contributed by atoms with Gasteiger partial charge >= 0.3 is 11.2 Å². The van der Waals surface area contributed by atoms with Crippen LogP contribution in [0.3, 0.4) is 0 Å². The van der Waals surface area contributed by atoms with Crippen molar-refractivity contribution in [2.24, 2.45) is 5.41 Å². The molecule has 1 saturated heterocycles. The summed E-state index contributed by atoms with van der Waals surface area (Å²) in [5, 5.41) is 16.5. The highest BCUT2D eigenvalue weighted by Crippen LogP contribution is 2.45. The van der Waals surface area contributed by atoms with Crippen LogP contribution in [0.15, 0.2) is 53.5 Å². The number of hydrogen-bond donors (Lipinski definition) is 0. The number of sulfonamides is 1. The standard InChI is InChI=1S/C27H30ClN5O7S/c1-27(9-10-27)18-40-25-22(16-29-32(26(25)34)21-7-4-6-20(28)15-21)30-11-13-31(14-12-30)41(37,38)17-19-5-3-8-23(39-2)24(19)33(35)36/h3-8,15-16H,9-14,17-18H2,1-2H3. The van der Waals surface area contributed by atoms with E-state index in [-0.39, 0.29) is 54.3 Å². The van der Waals surface area contributed by atoms with Crippen LogP contribution in [0.1, 0.15) is 25.3 Å². The summed E-state index contributed by atoms with van der Waals surface area (Å²) in [6.07, 6.45) is 3.58. The third-order valence-electron chi connectivity index (χ3n) is 7.43. The Balaban J connectivity index is 1.37. The quantitative estimate of drug-likeness (QED) is 0.251. The lowest BCUT2D eigenvalue weighted by Crippen LogP contribution is -2.49. The maximum atomic E-state index is 13.6. The van der Waals surface area contributed by atoms with Gasteiger partial charge in [0, 0.05) is 36.6 Å². The molecular formula is C27H30ClN5O7S. The van der Waals surface area contributed by atoms with Crippen molar-refractivity contribution < 1.29 is 22.8 Å². The van der Waals surface area contributed by atoms with Crippen molar-refractivity contribution in [2.75, 3.05) is 44.8 Å². The molecule has 218 valence electrons. The summed E-state index contributed by atoms with van der Waals surface area (Å²) in [5.41, 5.74) is 0.250. The molecule has 0 unspecified atom stereocenters. The fraction of sp³-hybridized carbons (Fsp3) is 0.407. The smallest absolute Gasteiger partial charge is 0.316 e. The van der Waals surface area contributed by atoms with Gasteiger partial charge in [-0.1, -0.05) is 36.7 Å². The van der Waals surface area contributed by atoms with Gasteiger partial charge < -0.3 is 14.4 Å². The van der Waals surface area contributed by atoms with Crippen LogP contribution in [-0.4, -0.2) is 67.3 Å². The Morgan fingerprint density at radius 2 is 1.83 bits per heavy atom. The lowest BCUT2D eigenvalue weighted by molar-refractivity contribution is -0.386. The van der Waals surface area contributed by atoms with E-state index in [0.717, 1.165) is 12.8 Å². The Bertz CT molecular complexity index is 1630. The summed E-state index contributed by atoms with van der Waals surface area (Å²) in [6, 6.07) is 11.2. The van der Waals surface area contributed by atoms with E-state index in [9.17, 15) is 23.3 Å². The summed E-state index contributed by atoms with van der Waals surface area (Å²) >= 11 is 6.13. The first-order chi connectivity index (χ1) is 19.5. The monoisotopic (exact) mass is 603 g/mol. The summed E-state index contributed by atoms with van der Waals surface area (Å²) in [7, 11) is -2.59. The predicted molar refractivity (Wildman–Crippen MR) is 154 cm³/mol. The second-order valence-corrected chi connectivity index (χ2v) is 12.9. The topological polar surface area (TPSA) is 137 Å². The van der Waals surface area contributed by atoms with Gasteiger partial charge in [-0.25, -0.2) is 8.42 Å². The Kier molecular flexibility index (Phi) is 7.95. The highest BCUT2D eigenvalue weighted by Gasteiger charge is 2.39. The first kappa shape index (κ1) is 28.8. The zero-order chi connectivity index (χ0) is 29.4. The summed E-state index contributed by atoms with van der Waals surface area (Å²) < 4.78 is 40.3. The molecule has 0 amide bonds. The van der Waals surface area contributed by atoms with Crippen molar-refractivity contribution >= 4 is 33.0 Å². The highest BCUT2D eigenvalue weighted by atomic mass is 35.5. The second-order valence-electron chi connectivity index (χ2n) is 10.5. The molecule has 0 N–H and O–H groups in total. The van der Waals surface area contributed by atoms with Crippen molar-refractivity contribution in [1.82, 2.24) is 14.1 Å². The lowest BCUT2D eigenvalue weighted by atomic mass is 10.2. The van der Waals surface area contributed by atoms with Crippen LogP contribution in [0, 0.1) is 15.5 Å². The van der Waals surface area contributed by atoms with Crippen molar-refractivity contribution in [3.8, 4) is 17.2 Å². The van der Waals surface area contributed by atoms with Crippen molar-refractivity contribution in [3.05, 3.63) is 79.7 Å². The number of anilines is 1.